The Bertz CT molecular complexity index is 1150. The van der Waals surface area contributed by atoms with Gasteiger partial charge in [-0.15, -0.1) is 0 Å². The molecule has 1 atom stereocenters. The fraction of sp³-hybridized carbons (Fsp3) is 0.355. The first kappa shape index (κ1) is 25.3. The van der Waals surface area contributed by atoms with Crippen molar-refractivity contribution in [1.82, 2.24) is 5.32 Å². The molecule has 0 aromatic heterocycles. The van der Waals surface area contributed by atoms with E-state index in [1.165, 1.54) is 0 Å². The third-order valence-corrected chi connectivity index (χ3v) is 8.12. The molecule has 6 heteroatoms. The van der Waals surface area contributed by atoms with Crippen molar-refractivity contribution in [3.63, 3.8) is 0 Å². The van der Waals surface area contributed by atoms with Crippen molar-refractivity contribution in [2.45, 2.75) is 24.5 Å². The molecule has 3 aromatic carbocycles. The van der Waals surface area contributed by atoms with Crippen molar-refractivity contribution >= 4 is 11.8 Å². The van der Waals surface area contributed by atoms with Crippen LogP contribution < -0.4 is 5.32 Å². The first-order chi connectivity index (χ1) is 18.0. The molecule has 0 amide bonds. The van der Waals surface area contributed by atoms with Crippen LogP contribution in [0.4, 0.5) is 0 Å². The van der Waals surface area contributed by atoms with Crippen LogP contribution in [0, 0.1) is 5.92 Å². The van der Waals surface area contributed by atoms with Crippen LogP contribution in [-0.4, -0.2) is 66.7 Å². The fourth-order valence-electron chi connectivity index (χ4n) is 5.90. The van der Waals surface area contributed by atoms with Crippen LogP contribution in [-0.2, 0) is 15.1 Å². The molecule has 0 aliphatic carbocycles. The van der Waals surface area contributed by atoms with Crippen LogP contribution in [0.25, 0.3) is 0 Å². The molecule has 6 nitrogen and oxygen atoms in total. The van der Waals surface area contributed by atoms with E-state index in [0.29, 0.717) is 23.6 Å². The second-order valence-corrected chi connectivity index (χ2v) is 10.4. The molecule has 3 saturated heterocycles. The lowest BCUT2D eigenvalue weighted by Gasteiger charge is -2.52. The van der Waals surface area contributed by atoms with Crippen LogP contribution in [0.1, 0.15) is 34.3 Å². The molecule has 3 heterocycles. The molecular weight excluding hydrogens is 464 g/mol. The summed E-state index contributed by atoms with van der Waals surface area (Å²) in [4.78, 5) is 26.1. The molecule has 192 valence electrons. The third kappa shape index (κ3) is 5.37. The standard InChI is InChI=1S/C31H35N2O4/c34-28(24-10-4-1-5-11-24)22-32-18-21-33-19-16-25(17-20-33)29(23-33)37-30(35)31(36,26-12-6-2-7-13-26)27-14-8-3-9-15-27/h1-15,25,29,32,36H,16-23H2/q+1/t25?,29-,33?/m0/s1. The van der Waals surface area contributed by atoms with E-state index in [2.05, 4.69) is 5.32 Å². The molecule has 0 saturated carbocycles. The monoisotopic (exact) mass is 499 g/mol. The molecule has 37 heavy (non-hydrogen) atoms. The molecule has 6 rings (SSSR count). The number of nitrogens with one attached hydrogen (secondary N) is 1. The maximum atomic E-state index is 13.7. The summed E-state index contributed by atoms with van der Waals surface area (Å²) in [5, 5.41) is 15.1. The van der Waals surface area contributed by atoms with Gasteiger partial charge < -0.3 is 19.6 Å². The zero-order valence-electron chi connectivity index (χ0n) is 21.1. The van der Waals surface area contributed by atoms with Gasteiger partial charge in [0.15, 0.2) is 11.9 Å². The van der Waals surface area contributed by atoms with Gasteiger partial charge in [-0.05, 0) is 11.1 Å². The fourth-order valence-corrected chi connectivity index (χ4v) is 5.90. The predicted molar refractivity (Wildman–Crippen MR) is 142 cm³/mol. The van der Waals surface area contributed by atoms with Crippen LogP contribution >= 0.6 is 0 Å². The van der Waals surface area contributed by atoms with Crippen molar-refractivity contribution in [1.29, 1.82) is 0 Å². The smallest absolute Gasteiger partial charge is 0.348 e. The van der Waals surface area contributed by atoms with Crippen molar-refractivity contribution in [2.75, 3.05) is 39.3 Å². The minimum absolute atomic E-state index is 0.0888. The minimum Gasteiger partial charge on any atom is -0.453 e. The Morgan fingerprint density at radius 3 is 1.97 bits per heavy atom. The summed E-state index contributed by atoms with van der Waals surface area (Å²) < 4.78 is 7.02. The first-order valence-corrected chi connectivity index (χ1v) is 13.2. The number of aliphatic hydroxyl groups is 1. The molecule has 0 unspecified atom stereocenters. The number of piperidine rings is 3. The number of hydrogen-bond acceptors (Lipinski definition) is 5. The van der Waals surface area contributed by atoms with Gasteiger partial charge in [-0.25, -0.2) is 4.79 Å². The SMILES string of the molecule is O=C(CNCC[N+]12CCC(CC1)[C@@H](OC(=O)C(O)(c1ccccc1)c1ccccc1)C2)c1ccccc1. The molecule has 2 N–H and O–H groups in total. The summed E-state index contributed by atoms with van der Waals surface area (Å²) >= 11 is 0. The lowest BCUT2D eigenvalue weighted by molar-refractivity contribution is -0.945. The largest absolute Gasteiger partial charge is 0.453 e. The number of quaternary nitrogens is 1. The zero-order chi connectivity index (χ0) is 25.7. The molecule has 2 bridgehead atoms. The van der Waals surface area contributed by atoms with Crippen molar-refractivity contribution in [3.8, 4) is 0 Å². The van der Waals surface area contributed by atoms with Crippen molar-refractivity contribution < 1.29 is 23.9 Å². The van der Waals surface area contributed by atoms with E-state index in [4.69, 9.17) is 4.74 Å². The van der Waals surface area contributed by atoms with E-state index in [1.54, 1.807) is 24.3 Å². The summed E-state index contributed by atoms with van der Waals surface area (Å²) in [5.41, 5.74) is -0.136. The Hall–Kier alpha value is -3.32. The number of fused-ring (bicyclic) bond motifs is 3. The highest BCUT2D eigenvalue weighted by atomic mass is 16.6. The third-order valence-electron chi connectivity index (χ3n) is 8.12. The number of ketones is 1. The van der Waals surface area contributed by atoms with Gasteiger partial charge in [-0.3, -0.25) is 4.79 Å². The maximum Gasteiger partial charge on any atom is 0.348 e. The van der Waals surface area contributed by atoms with Gasteiger partial charge in [0, 0.05) is 30.9 Å². The normalized spacial score (nSPS) is 22.9. The van der Waals surface area contributed by atoms with E-state index in [9.17, 15) is 14.7 Å². The highest BCUT2D eigenvalue weighted by Crippen LogP contribution is 2.38. The second-order valence-electron chi connectivity index (χ2n) is 10.4. The number of carbonyl (C=O) groups excluding carboxylic acids is 2. The molecule has 3 fully saturated rings. The van der Waals surface area contributed by atoms with Crippen molar-refractivity contribution in [3.05, 3.63) is 108 Å². The van der Waals surface area contributed by atoms with Gasteiger partial charge in [0.2, 0.25) is 5.60 Å². The summed E-state index contributed by atoms with van der Waals surface area (Å²) in [6.45, 7) is 4.76. The van der Waals surface area contributed by atoms with Gasteiger partial charge in [-0.2, -0.15) is 0 Å². The number of esters is 1. The lowest BCUT2D eigenvalue weighted by Crippen LogP contribution is -2.66. The number of nitrogens with zero attached hydrogens (tertiary/aromatic N) is 1. The Morgan fingerprint density at radius 2 is 1.41 bits per heavy atom. The predicted octanol–water partition coefficient (Wildman–Crippen LogP) is 3.55. The Kier molecular flexibility index (Phi) is 7.51. The number of rotatable bonds is 10. The highest BCUT2D eigenvalue weighted by molar-refractivity contribution is 5.97. The van der Waals surface area contributed by atoms with E-state index in [0.717, 1.165) is 55.6 Å². The molecule has 3 aromatic rings. The number of carbonyl (C=O) groups is 2. The van der Waals surface area contributed by atoms with Gasteiger partial charge >= 0.3 is 5.97 Å². The zero-order valence-corrected chi connectivity index (χ0v) is 21.1. The Balaban J connectivity index is 1.24. The summed E-state index contributed by atoms with van der Waals surface area (Å²) in [6.07, 6.45) is 1.76. The van der Waals surface area contributed by atoms with Gasteiger partial charge in [0.05, 0.1) is 26.2 Å². The number of Topliss-reactive ketones (excluding diaryl/α,β-unsaturated/α-hetero) is 1. The average Bonchev–Trinajstić information content (AvgIpc) is 2.96. The van der Waals surface area contributed by atoms with E-state index in [-0.39, 0.29) is 11.9 Å². The van der Waals surface area contributed by atoms with Crippen LogP contribution in [0.3, 0.4) is 0 Å². The lowest BCUT2D eigenvalue weighted by atomic mass is 9.82. The topological polar surface area (TPSA) is 75.6 Å². The summed E-state index contributed by atoms with van der Waals surface area (Å²) in [6, 6.07) is 27.4. The van der Waals surface area contributed by atoms with E-state index in [1.807, 2.05) is 66.7 Å². The second kappa shape index (κ2) is 11.0. The van der Waals surface area contributed by atoms with E-state index >= 15 is 0 Å². The highest BCUT2D eigenvalue weighted by Gasteiger charge is 2.50. The summed E-state index contributed by atoms with van der Waals surface area (Å²) in [7, 11) is 0. The van der Waals surface area contributed by atoms with Crippen molar-refractivity contribution in [2.24, 2.45) is 5.92 Å². The van der Waals surface area contributed by atoms with Crippen LogP contribution in [0.5, 0.6) is 0 Å². The van der Waals surface area contributed by atoms with Crippen LogP contribution in [0.2, 0.25) is 0 Å². The average molecular weight is 500 g/mol. The van der Waals surface area contributed by atoms with Crippen LogP contribution in [0.15, 0.2) is 91.0 Å². The maximum absolute atomic E-state index is 13.7. The molecule has 0 radical (unpaired) electrons. The quantitative estimate of drug-likeness (QED) is 0.193. The van der Waals surface area contributed by atoms with Gasteiger partial charge in [-0.1, -0.05) is 91.0 Å². The molecule has 3 aliphatic heterocycles. The first-order valence-electron chi connectivity index (χ1n) is 13.2. The molecule has 0 spiro atoms. The number of hydrogen-bond donors (Lipinski definition) is 2. The number of benzene rings is 3. The van der Waals surface area contributed by atoms with Gasteiger partial charge in [0.25, 0.3) is 0 Å². The Labute approximate surface area is 218 Å². The van der Waals surface area contributed by atoms with E-state index < -0.39 is 11.6 Å². The Morgan fingerprint density at radius 1 is 0.865 bits per heavy atom. The number of ether oxygens (including phenoxy) is 1. The molecular formula is C31H35N2O4+. The summed E-state index contributed by atoms with van der Waals surface area (Å²) in [5.74, 6) is -0.216. The minimum atomic E-state index is -1.86. The van der Waals surface area contributed by atoms with Gasteiger partial charge in [0.1, 0.15) is 6.54 Å². The molecule has 3 aliphatic rings.